The number of hydrogen-bond donors (Lipinski definition) is 0. The monoisotopic (exact) mass is 740 g/mol. The van der Waals surface area contributed by atoms with Gasteiger partial charge in [-0.1, -0.05) is 95.1 Å². The Morgan fingerprint density at radius 3 is 1.59 bits per heavy atom. The van der Waals surface area contributed by atoms with E-state index in [9.17, 15) is 9.59 Å². The van der Waals surface area contributed by atoms with Crippen LogP contribution in [0.15, 0.2) is 40.9 Å². The van der Waals surface area contributed by atoms with Crippen molar-refractivity contribution in [1.29, 1.82) is 0 Å². The number of carbonyl (C=O) groups is 2. The van der Waals surface area contributed by atoms with Crippen molar-refractivity contribution < 1.29 is 37.7 Å². The molecule has 2 aromatic carbocycles. The minimum atomic E-state index is -0.349. The number of ether oxygens (including phenoxy) is 2. The van der Waals surface area contributed by atoms with Crippen LogP contribution in [0, 0.1) is 30.1 Å². The molecule has 49 heavy (non-hydrogen) atoms. The van der Waals surface area contributed by atoms with Crippen molar-refractivity contribution in [3.8, 4) is 0 Å². The Labute approximate surface area is 304 Å². The maximum absolute atomic E-state index is 11.8. The van der Waals surface area contributed by atoms with Crippen molar-refractivity contribution >= 4 is 54.1 Å². The fourth-order valence-corrected chi connectivity index (χ4v) is 6.37. The molecule has 0 bridgehead atoms. The zero-order chi connectivity index (χ0) is 36.4. The Bertz CT molecular complexity index is 1340. The van der Waals surface area contributed by atoms with E-state index in [1.165, 1.54) is 25.5 Å². The minimum Gasteiger partial charge on any atom is -0.462 e. The number of esters is 2. The average molecular weight is 741 g/mol. The lowest BCUT2D eigenvalue weighted by Crippen LogP contribution is -2.51. The summed E-state index contributed by atoms with van der Waals surface area (Å²) in [6, 6.07) is 11.1. The number of halogens is 1. The summed E-state index contributed by atoms with van der Waals surface area (Å²) >= 11 is 3.33. The molecule has 0 unspecified atom stereocenters. The molecular weight excluding hydrogens is 685 g/mol. The Balaban J connectivity index is 0.000000204. The van der Waals surface area contributed by atoms with E-state index in [1.54, 1.807) is 26.0 Å². The van der Waals surface area contributed by atoms with Gasteiger partial charge in [0.05, 0.1) is 24.3 Å². The van der Waals surface area contributed by atoms with Crippen molar-refractivity contribution in [1.82, 2.24) is 0 Å². The molecule has 0 saturated carbocycles. The third-order valence-electron chi connectivity index (χ3n) is 9.00. The van der Waals surface area contributed by atoms with Crippen LogP contribution < -0.4 is 5.46 Å². The van der Waals surface area contributed by atoms with Crippen LogP contribution in [-0.2, 0) is 28.1 Å². The molecule has 3 heterocycles. The summed E-state index contributed by atoms with van der Waals surface area (Å²) < 4.78 is 34.1. The van der Waals surface area contributed by atoms with E-state index in [4.69, 9.17) is 28.1 Å². The molecule has 0 N–H and O–H groups in total. The van der Waals surface area contributed by atoms with E-state index in [0.717, 1.165) is 34.3 Å². The van der Waals surface area contributed by atoms with E-state index in [0.29, 0.717) is 49.6 Å². The zero-order valence-electron chi connectivity index (χ0n) is 31.4. The molecule has 3 aliphatic heterocycles. The third kappa shape index (κ3) is 13.2. The molecule has 5 rings (SSSR count). The molecule has 2 aromatic rings. The van der Waals surface area contributed by atoms with Crippen LogP contribution in [0.3, 0.4) is 0 Å². The predicted octanol–water partition coefficient (Wildman–Crippen LogP) is 7.81. The van der Waals surface area contributed by atoms with Crippen LogP contribution >= 0.6 is 15.9 Å². The Morgan fingerprint density at radius 2 is 1.14 bits per heavy atom. The van der Waals surface area contributed by atoms with Crippen molar-refractivity contribution in [3.05, 3.63) is 63.1 Å². The van der Waals surface area contributed by atoms with Gasteiger partial charge < -0.3 is 28.1 Å². The van der Waals surface area contributed by atoms with Crippen LogP contribution in [0.25, 0.3) is 0 Å². The highest BCUT2D eigenvalue weighted by Gasteiger charge is 2.42. The second kappa shape index (κ2) is 18.4. The Morgan fingerprint density at radius 1 is 0.694 bits per heavy atom. The topological polar surface area (TPSA) is 89.5 Å². The van der Waals surface area contributed by atoms with Crippen molar-refractivity contribution in [2.24, 2.45) is 16.2 Å². The standard InChI is InChI=1S/C15H21BO4.C12H24B2O2.C10H11BrO2/c1-5-18-14(17)13-7-6-12(8-11(13)2)16-19-9-15(3,4)10-20-16;1-11(2)5-7-13(8-6-11)14-15-9-12(3,4)10-16-14;1-3-13-10(12)9-5-4-8(11)6-7(9)2/h6-8H,5,9-10H2,1-4H3;5-10H2,1-4H3;4-6H,3H2,1-2H3. The van der Waals surface area contributed by atoms with E-state index in [2.05, 4.69) is 57.5 Å². The third-order valence-corrected chi connectivity index (χ3v) is 9.49. The maximum atomic E-state index is 11.8. The molecule has 268 valence electrons. The lowest BCUT2D eigenvalue weighted by atomic mass is 9.18. The summed E-state index contributed by atoms with van der Waals surface area (Å²) in [5.74, 6) is -0.546. The van der Waals surface area contributed by atoms with Gasteiger partial charge in [0.25, 0.3) is 0 Å². The molecular formula is C37H56B3BrO8. The molecule has 3 aliphatic rings. The molecule has 0 amide bonds. The number of hydrogen-bond acceptors (Lipinski definition) is 8. The van der Waals surface area contributed by atoms with Gasteiger partial charge in [0.1, 0.15) is 0 Å². The van der Waals surface area contributed by atoms with Crippen LogP contribution in [0.1, 0.15) is 100 Å². The molecule has 0 atom stereocenters. The molecule has 3 fully saturated rings. The van der Waals surface area contributed by atoms with Crippen LogP contribution in [0.2, 0.25) is 12.6 Å². The second-order valence-corrected chi connectivity index (χ2v) is 16.7. The molecule has 0 aromatic heterocycles. The van der Waals surface area contributed by atoms with Crippen LogP contribution in [0.5, 0.6) is 0 Å². The first kappa shape index (κ1) is 41.3. The maximum Gasteiger partial charge on any atom is 0.493 e. The summed E-state index contributed by atoms with van der Waals surface area (Å²) in [7, 11) is -0.276. The number of benzene rings is 2. The van der Waals surface area contributed by atoms with Gasteiger partial charge in [-0.05, 0) is 74.0 Å². The Hall–Kier alpha value is -2.11. The van der Waals surface area contributed by atoms with Gasteiger partial charge >= 0.3 is 26.1 Å². The lowest BCUT2D eigenvalue weighted by Gasteiger charge is -2.39. The van der Waals surface area contributed by atoms with Gasteiger partial charge in [0.15, 0.2) is 6.60 Å². The molecule has 3 saturated heterocycles. The summed E-state index contributed by atoms with van der Waals surface area (Å²) in [6.07, 6.45) is 5.14. The first-order valence-corrected chi connectivity index (χ1v) is 18.4. The van der Waals surface area contributed by atoms with Gasteiger partial charge in [0.2, 0.25) is 0 Å². The summed E-state index contributed by atoms with van der Waals surface area (Å²) in [6.45, 7) is 25.2. The van der Waals surface area contributed by atoms with Crippen LogP contribution in [0.4, 0.5) is 0 Å². The fraction of sp³-hybridized carbons (Fsp3) is 0.622. The lowest BCUT2D eigenvalue weighted by molar-refractivity contribution is 0.0343. The van der Waals surface area contributed by atoms with Crippen molar-refractivity contribution in [2.75, 3.05) is 39.6 Å². The smallest absolute Gasteiger partial charge is 0.462 e. The SMILES string of the molecule is CC1(C)CCB(B2OCC(C)(C)CO2)CC1.CCOC(=O)c1ccc(B2OCC(C)(C)CO2)cc1C.CCOC(=O)c1ccc(Br)cc1C. The van der Waals surface area contributed by atoms with Crippen molar-refractivity contribution in [2.45, 2.75) is 94.7 Å². The van der Waals surface area contributed by atoms with E-state index in [1.807, 2.05) is 38.1 Å². The first-order valence-electron chi connectivity index (χ1n) is 17.6. The highest BCUT2D eigenvalue weighted by Crippen LogP contribution is 2.37. The van der Waals surface area contributed by atoms with Gasteiger partial charge in [0, 0.05) is 41.7 Å². The number of rotatable bonds is 6. The number of carbonyl (C=O) groups excluding carboxylic acids is 2. The van der Waals surface area contributed by atoms with E-state index in [-0.39, 0.29) is 36.9 Å². The highest BCUT2D eigenvalue weighted by molar-refractivity contribution is 9.10. The van der Waals surface area contributed by atoms with Gasteiger partial charge in [-0.15, -0.1) is 0 Å². The molecule has 0 radical (unpaired) electrons. The highest BCUT2D eigenvalue weighted by atomic mass is 79.9. The largest absolute Gasteiger partial charge is 0.493 e. The average Bonchev–Trinajstić information content (AvgIpc) is 3.02. The van der Waals surface area contributed by atoms with Crippen LogP contribution in [-0.4, -0.2) is 72.3 Å². The molecule has 8 nitrogen and oxygen atoms in total. The number of aryl methyl sites for hydroxylation is 2. The summed E-state index contributed by atoms with van der Waals surface area (Å²) in [5.41, 5.74) is 4.74. The molecule has 12 heteroatoms. The van der Waals surface area contributed by atoms with Gasteiger partial charge in [-0.25, -0.2) is 9.59 Å². The fourth-order valence-electron chi connectivity index (χ4n) is 5.89. The Kier molecular flexibility index (Phi) is 15.5. The molecule has 0 aliphatic carbocycles. The first-order chi connectivity index (χ1) is 23.0. The van der Waals surface area contributed by atoms with E-state index >= 15 is 0 Å². The van der Waals surface area contributed by atoms with Gasteiger partial charge in [-0.2, -0.15) is 0 Å². The zero-order valence-corrected chi connectivity index (χ0v) is 33.0. The quantitative estimate of drug-likeness (QED) is 0.219. The predicted molar refractivity (Wildman–Crippen MR) is 203 cm³/mol. The normalized spacial score (nSPS) is 19.4. The molecule has 0 spiro atoms. The van der Waals surface area contributed by atoms with E-state index < -0.39 is 0 Å². The second-order valence-electron chi connectivity index (χ2n) is 15.7. The summed E-state index contributed by atoms with van der Waals surface area (Å²) in [5, 5.41) is 0. The summed E-state index contributed by atoms with van der Waals surface area (Å²) in [4.78, 5) is 23.1. The van der Waals surface area contributed by atoms with Gasteiger partial charge in [-0.3, -0.25) is 0 Å². The van der Waals surface area contributed by atoms with Crippen molar-refractivity contribution in [3.63, 3.8) is 0 Å². The minimum absolute atomic E-state index is 0.0520.